The predicted octanol–water partition coefficient (Wildman–Crippen LogP) is 2.80. The highest BCUT2D eigenvalue weighted by atomic mass is 16.5. The van der Waals surface area contributed by atoms with E-state index in [9.17, 15) is 4.79 Å². The van der Waals surface area contributed by atoms with Gasteiger partial charge in [0.15, 0.2) is 0 Å². The first-order valence-corrected chi connectivity index (χ1v) is 12.2. The number of nitrogens with two attached hydrogens (primary N) is 1. The van der Waals surface area contributed by atoms with Crippen molar-refractivity contribution >= 4 is 5.91 Å². The van der Waals surface area contributed by atoms with Crippen molar-refractivity contribution in [2.24, 2.45) is 11.7 Å². The first-order valence-electron chi connectivity index (χ1n) is 12.2. The number of benzene rings is 1. The number of rotatable bonds is 9. The van der Waals surface area contributed by atoms with Crippen LogP contribution in [-0.4, -0.2) is 74.8 Å². The van der Waals surface area contributed by atoms with Crippen LogP contribution in [0.1, 0.15) is 50.5 Å². The Labute approximate surface area is 187 Å². The molecule has 0 unspecified atom stereocenters. The predicted molar refractivity (Wildman–Crippen MR) is 122 cm³/mol. The molecule has 0 aromatic heterocycles. The summed E-state index contributed by atoms with van der Waals surface area (Å²) in [5.74, 6) is 0.870. The standard InChI is InChI=1S/C25H39N3O3/c26-24(29)21-8-15-28(16-9-21)20-25(10-18-30-19-11-25)22-4-6-23(7-5-22)31-17-3-14-27-12-1-2-13-27/h4-7,21H,1-3,8-20H2,(H2,26,29). The molecule has 3 fully saturated rings. The van der Waals surface area contributed by atoms with Gasteiger partial charge in [-0.1, -0.05) is 12.1 Å². The van der Waals surface area contributed by atoms with Crippen molar-refractivity contribution in [1.82, 2.24) is 9.80 Å². The molecule has 0 saturated carbocycles. The third kappa shape index (κ3) is 5.99. The van der Waals surface area contributed by atoms with Crippen LogP contribution in [0.5, 0.6) is 5.75 Å². The maximum Gasteiger partial charge on any atom is 0.220 e. The van der Waals surface area contributed by atoms with Crippen molar-refractivity contribution in [3.05, 3.63) is 29.8 Å². The van der Waals surface area contributed by atoms with Gasteiger partial charge in [0.1, 0.15) is 5.75 Å². The first-order chi connectivity index (χ1) is 15.1. The van der Waals surface area contributed by atoms with E-state index in [-0.39, 0.29) is 17.2 Å². The Bertz CT molecular complexity index is 688. The molecule has 0 spiro atoms. The zero-order valence-corrected chi connectivity index (χ0v) is 18.9. The summed E-state index contributed by atoms with van der Waals surface area (Å²) in [5, 5.41) is 0. The van der Waals surface area contributed by atoms with E-state index in [0.29, 0.717) is 0 Å². The van der Waals surface area contributed by atoms with Gasteiger partial charge in [-0.2, -0.15) is 0 Å². The van der Waals surface area contributed by atoms with Crippen LogP contribution in [0.25, 0.3) is 0 Å². The Morgan fingerprint density at radius 1 is 1.03 bits per heavy atom. The van der Waals surface area contributed by atoms with E-state index >= 15 is 0 Å². The largest absolute Gasteiger partial charge is 0.494 e. The summed E-state index contributed by atoms with van der Waals surface area (Å²) in [6.45, 7) is 8.98. The molecule has 3 saturated heterocycles. The normalized spacial score (nSPS) is 23.1. The van der Waals surface area contributed by atoms with Gasteiger partial charge in [0.2, 0.25) is 5.91 Å². The van der Waals surface area contributed by atoms with E-state index in [2.05, 4.69) is 34.1 Å². The van der Waals surface area contributed by atoms with Crippen LogP contribution in [0.15, 0.2) is 24.3 Å². The highest BCUT2D eigenvalue weighted by Crippen LogP contribution is 2.37. The summed E-state index contributed by atoms with van der Waals surface area (Å²) in [7, 11) is 0. The topological polar surface area (TPSA) is 68.0 Å². The summed E-state index contributed by atoms with van der Waals surface area (Å²) in [4.78, 5) is 16.6. The average Bonchev–Trinajstić information content (AvgIpc) is 3.32. The lowest BCUT2D eigenvalue weighted by atomic mass is 9.73. The molecule has 3 aliphatic rings. The summed E-state index contributed by atoms with van der Waals surface area (Å²) in [5.41, 5.74) is 7.02. The van der Waals surface area contributed by atoms with Crippen LogP contribution in [0.4, 0.5) is 0 Å². The highest BCUT2D eigenvalue weighted by molar-refractivity contribution is 5.76. The van der Waals surface area contributed by atoms with Crippen LogP contribution in [-0.2, 0) is 14.9 Å². The van der Waals surface area contributed by atoms with E-state index in [1.165, 1.54) is 31.5 Å². The van der Waals surface area contributed by atoms with E-state index < -0.39 is 0 Å². The minimum Gasteiger partial charge on any atom is -0.494 e. The average molecular weight is 430 g/mol. The Hall–Kier alpha value is -1.63. The SMILES string of the molecule is NC(=O)C1CCN(CC2(c3ccc(OCCCN4CCCC4)cc3)CCOCC2)CC1. The number of hydrogen-bond donors (Lipinski definition) is 1. The van der Waals surface area contributed by atoms with Crippen LogP contribution in [0, 0.1) is 5.92 Å². The molecule has 0 atom stereocenters. The summed E-state index contributed by atoms with van der Waals surface area (Å²) in [6.07, 6.45) is 7.62. The molecule has 0 aliphatic carbocycles. The van der Waals surface area contributed by atoms with Gasteiger partial charge >= 0.3 is 0 Å². The molecule has 2 N–H and O–H groups in total. The number of hydrogen-bond acceptors (Lipinski definition) is 5. The second kappa shape index (κ2) is 10.8. The number of piperidine rings is 1. The molecular formula is C25H39N3O3. The molecule has 1 aromatic carbocycles. The van der Waals surface area contributed by atoms with Gasteiger partial charge in [-0.3, -0.25) is 4.79 Å². The number of amides is 1. The van der Waals surface area contributed by atoms with Crippen molar-refractivity contribution in [3.63, 3.8) is 0 Å². The second-order valence-corrected chi connectivity index (χ2v) is 9.62. The maximum absolute atomic E-state index is 11.5. The second-order valence-electron chi connectivity index (χ2n) is 9.62. The number of nitrogens with zero attached hydrogens (tertiary/aromatic N) is 2. The number of ether oxygens (including phenoxy) is 2. The maximum atomic E-state index is 11.5. The Morgan fingerprint density at radius 3 is 2.35 bits per heavy atom. The summed E-state index contributed by atoms with van der Waals surface area (Å²) >= 11 is 0. The molecule has 6 heteroatoms. The monoisotopic (exact) mass is 429 g/mol. The molecule has 1 aromatic rings. The molecule has 0 bridgehead atoms. The Balaban J connectivity index is 1.32. The molecule has 0 radical (unpaired) electrons. The van der Waals surface area contributed by atoms with Crippen molar-refractivity contribution in [3.8, 4) is 5.75 Å². The fraction of sp³-hybridized carbons (Fsp3) is 0.720. The van der Waals surface area contributed by atoms with Gasteiger partial charge in [0.05, 0.1) is 6.61 Å². The smallest absolute Gasteiger partial charge is 0.220 e. The molecule has 3 heterocycles. The fourth-order valence-electron chi connectivity index (χ4n) is 5.49. The summed E-state index contributed by atoms with van der Waals surface area (Å²) < 4.78 is 11.7. The lowest BCUT2D eigenvalue weighted by Gasteiger charge is -2.43. The van der Waals surface area contributed by atoms with E-state index in [4.69, 9.17) is 15.2 Å². The van der Waals surface area contributed by atoms with Crippen molar-refractivity contribution < 1.29 is 14.3 Å². The first kappa shape index (κ1) is 22.6. The zero-order chi connectivity index (χ0) is 21.5. The van der Waals surface area contributed by atoms with Crippen molar-refractivity contribution in [2.75, 3.05) is 59.1 Å². The quantitative estimate of drug-likeness (QED) is 0.612. The van der Waals surface area contributed by atoms with Crippen LogP contribution in [0.2, 0.25) is 0 Å². The molecule has 31 heavy (non-hydrogen) atoms. The number of carbonyl (C=O) groups is 1. The van der Waals surface area contributed by atoms with E-state index in [1.807, 2.05) is 0 Å². The molecule has 3 aliphatic heterocycles. The van der Waals surface area contributed by atoms with Crippen LogP contribution < -0.4 is 10.5 Å². The highest BCUT2D eigenvalue weighted by Gasteiger charge is 2.37. The van der Waals surface area contributed by atoms with E-state index in [0.717, 1.165) is 83.9 Å². The van der Waals surface area contributed by atoms with Gasteiger partial charge in [0, 0.05) is 37.6 Å². The molecular weight excluding hydrogens is 390 g/mol. The minimum absolute atomic E-state index is 0.0452. The molecule has 172 valence electrons. The lowest BCUT2D eigenvalue weighted by molar-refractivity contribution is -0.123. The molecule has 1 amide bonds. The zero-order valence-electron chi connectivity index (χ0n) is 18.9. The molecule has 6 nitrogen and oxygen atoms in total. The minimum atomic E-state index is -0.142. The van der Waals surface area contributed by atoms with Gasteiger partial charge in [-0.05, 0) is 88.8 Å². The van der Waals surface area contributed by atoms with Gasteiger partial charge in [-0.15, -0.1) is 0 Å². The van der Waals surface area contributed by atoms with Gasteiger partial charge in [0.25, 0.3) is 0 Å². The third-order valence-electron chi connectivity index (χ3n) is 7.52. The van der Waals surface area contributed by atoms with Crippen LogP contribution in [0.3, 0.4) is 0 Å². The van der Waals surface area contributed by atoms with Crippen LogP contribution >= 0.6 is 0 Å². The Morgan fingerprint density at radius 2 is 1.71 bits per heavy atom. The number of carbonyl (C=O) groups excluding carboxylic acids is 1. The Kier molecular flexibility index (Phi) is 7.86. The number of primary amides is 1. The third-order valence-corrected chi connectivity index (χ3v) is 7.52. The van der Waals surface area contributed by atoms with Gasteiger partial charge in [-0.25, -0.2) is 0 Å². The molecule has 4 rings (SSSR count). The summed E-state index contributed by atoms with van der Waals surface area (Å²) in [6, 6.07) is 8.80. The van der Waals surface area contributed by atoms with Crippen molar-refractivity contribution in [2.45, 2.75) is 50.4 Å². The van der Waals surface area contributed by atoms with E-state index in [1.54, 1.807) is 0 Å². The van der Waals surface area contributed by atoms with Gasteiger partial charge < -0.3 is 25.0 Å². The number of likely N-dealkylation sites (tertiary alicyclic amines) is 2. The van der Waals surface area contributed by atoms with Crippen molar-refractivity contribution in [1.29, 1.82) is 0 Å². The lowest BCUT2D eigenvalue weighted by Crippen LogP contribution is -2.48. The fourth-order valence-corrected chi connectivity index (χ4v) is 5.49.